The highest BCUT2D eigenvalue weighted by Crippen LogP contribution is 2.43. The van der Waals surface area contributed by atoms with Crippen LogP contribution in [0.5, 0.6) is 11.5 Å². The SMILES string of the molecule is CCCC(O)(c1ccc(-c2ccc(OC(F)(F)F)cc2O)cc1)C(F)(F)F. The van der Waals surface area contributed by atoms with Gasteiger partial charge in [-0.3, -0.25) is 0 Å². The number of aromatic hydroxyl groups is 1. The molecule has 0 aliphatic carbocycles. The first-order chi connectivity index (χ1) is 12.4. The second-order valence-electron chi connectivity index (χ2n) is 5.91. The molecule has 0 spiro atoms. The Kier molecular flexibility index (Phi) is 5.65. The number of halogens is 6. The van der Waals surface area contributed by atoms with Gasteiger partial charge in [-0.05, 0) is 29.7 Å². The number of hydrogen-bond donors (Lipinski definition) is 2. The van der Waals surface area contributed by atoms with E-state index in [-0.39, 0.29) is 23.1 Å². The number of phenolic OH excluding ortho intramolecular Hbond substituents is 1. The van der Waals surface area contributed by atoms with Crippen LogP contribution in [0.2, 0.25) is 0 Å². The monoisotopic (exact) mass is 394 g/mol. The molecule has 0 fully saturated rings. The average molecular weight is 394 g/mol. The molecule has 9 heteroatoms. The van der Waals surface area contributed by atoms with E-state index in [2.05, 4.69) is 4.74 Å². The summed E-state index contributed by atoms with van der Waals surface area (Å²) < 4.78 is 80.0. The van der Waals surface area contributed by atoms with Crippen LogP contribution in [0, 0.1) is 0 Å². The highest BCUT2D eigenvalue weighted by molar-refractivity contribution is 5.71. The molecular weight excluding hydrogens is 378 g/mol. The van der Waals surface area contributed by atoms with Crippen LogP contribution in [-0.2, 0) is 5.60 Å². The molecule has 0 amide bonds. The molecule has 2 N–H and O–H groups in total. The summed E-state index contributed by atoms with van der Waals surface area (Å²) in [6.07, 6.45) is -10.2. The number of ether oxygens (including phenoxy) is 1. The number of aliphatic hydroxyl groups is 1. The molecule has 0 aliphatic heterocycles. The minimum Gasteiger partial charge on any atom is -0.507 e. The summed E-state index contributed by atoms with van der Waals surface area (Å²) in [5, 5.41) is 20.0. The predicted octanol–water partition coefficient (Wildman–Crippen LogP) is 5.51. The number of phenols is 1. The van der Waals surface area contributed by atoms with E-state index in [4.69, 9.17) is 0 Å². The number of hydrogen-bond acceptors (Lipinski definition) is 3. The zero-order valence-electron chi connectivity index (χ0n) is 14.0. The lowest BCUT2D eigenvalue weighted by Crippen LogP contribution is -2.42. The van der Waals surface area contributed by atoms with Gasteiger partial charge in [0.25, 0.3) is 0 Å². The van der Waals surface area contributed by atoms with E-state index >= 15 is 0 Å². The average Bonchev–Trinajstić information content (AvgIpc) is 2.53. The highest BCUT2D eigenvalue weighted by atomic mass is 19.4. The molecule has 2 aromatic carbocycles. The molecule has 1 unspecified atom stereocenters. The van der Waals surface area contributed by atoms with Crippen molar-refractivity contribution in [3.8, 4) is 22.6 Å². The summed E-state index contributed by atoms with van der Waals surface area (Å²) in [5.41, 5.74) is -3.01. The van der Waals surface area contributed by atoms with Crippen molar-refractivity contribution in [1.29, 1.82) is 0 Å². The molecule has 3 nitrogen and oxygen atoms in total. The van der Waals surface area contributed by atoms with Gasteiger partial charge in [-0.15, -0.1) is 13.2 Å². The molecule has 0 saturated carbocycles. The van der Waals surface area contributed by atoms with E-state index < -0.39 is 36.1 Å². The Balaban J connectivity index is 2.35. The maximum absolute atomic E-state index is 13.2. The Morgan fingerprint density at radius 2 is 1.52 bits per heavy atom. The van der Waals surface area contributed by atoms with Crippen LogP contribution >= 0.6 is 0 Å². The van der Waals surface area contributed by atoms with Crippen LogP contribution in [0.15, 0.2) is 42.5 Å². The van der Waals surface area contributed by atoms with Crippen molar-refractivity contribution in [3.05, 3.63) is 48.0 Å². The van der Waals surface area contributed by atoms with Crippen molar-refractivity contribution < 1.29 is 41.3 Å². The lowest BCUT2D eigenvalue weighted by Gasteiger charge is -2.30. The quantitative estimate of drug-likeness (QED) is 0.658. The molecule has 0 aromatic heterocycles. The Morgan fingerprint density at radius 3 is 1.96 bits per heavy atom. The maximum Gasteiger partial charge on any atom is 0.573 e. The van der Waals surface area contributed by atoms with E-state index in [9.17, 15) is 36.6 Å². The zero-order chi connectivity index (χ0) is 20.5. The highest BCUT2D eigenvalue weighted by Gasteiger charge is 2.54. The molecule has 2 aromatic rings. The zero-order valence-corrected chi connectivity index (χ0v) is 14.0. The first-order valence-corrected chi connectivity index (χ1v) is 7.86. The first kappa shape index (κ1) is 20.9. The van der Waals surface area contributed by atoms with Crippen LogP contribution in [0.1, 0.15) is 25.3 Å². The minimum atomic E-state index is -4.92. The number of alkyl halides is 6. The van der Waals surface area contributed by atoms with E-state index in [1.165, 1.54) is 19.1 Å². The summed E-state index contributed by atoms with van der Waals surface area (Å²) in [4.78, 5) is 0. The maximum atomic E-state index is 13.2. The Hall–Kier alpha value is -2.42. The normalized spacial score (nSPS) is 14.7. The fraction of sp³-hybridized carbons (Fsp3) is 0.333. The van der Waals surface area contributed by atoms with Crippen molar-refractivity contribution in [2.24, 2.45) is 0 Å². The number of rotatable bonds is 5. The van der Waals surface area contributed by atoms with Gasteiger partial charge in [0.15, 0.2) is 5.60 Å². The standard InChI is InChI=1S/C18H16F6O3/c1-2-9-16(26,17(19,20)21)12-5-3-11(4-6-12)14-8-7-13(10-15(14)25)27-18(22,23)24/h3-8,10,25-26H,2,9H2,1H3. The van der Waals surface area contributed by atoms with Gasteiger partial charge >= 0.3 is 12.5 Å². The summed E-state index contributed by atoms with van der Waals surface area (Å²) in [6, 6.07) is 7.48. The Labute approximate surface area is 150 Å². The van der Waals surface area contributed by atoms with E-state index in [0.717, 1.165) is 30.3 Å². The summed E-state index contributed by atoms with van der Waals surface area (Å²) in [7, 11) is 0. The third kappa shape index (κ3) is 4.65. The molecule has 0 bridgehead atoms. The van der Waals surface area contributed by atoms with Gasteiger partial charge in [0.05, 0.1) is 0 Å². The van der Waals surface area contributed by atoms with Crippen molar-refractivity contribution in [2.45, 2.75) is 37.9 Å². The smallest absolute Gasteiger partial charge is 0.507 e. The molecule has 0 heterocycles. The van der Waals surface area contributed by atoms with Crippen molar-refractivity contribution in [3.63, 3.8) is 0 Å². The summed E-state index contributed by atoms with van der Waals surface area (Å²) in [5.74, 6) is -1.17. The molecule has 0 saturated heterocycles. The molecule has 0 aliphatic rings. The van der Waals surface area contributed by atoms with E-state index in [1.54, 1.807) is 0 Å². The molecule has 1 atom stereocenters. The van der Waals surface area contributed by atoms with Crippen LogP contribution in [0.3, 0.4) is 0 Å². The molecule has 2 rings (SSSR count). The van der Waals surface area contributed by atoms with Gasteiger partial charge < -0.3 is 14.9 Å². The minimum absolute atomic E-state index is 0.0964. The molecule has 0 radical (unpaired) electrons. The molecule has 148 valence electrons. The third-order valence-electron chi connectivity index (χ3n) is 3.96. The fourth-order valence-corrected chi connectivity index (χ4v) is 2.69. The molecular formula is C18H16F6O3. The number of benzene rings is 2. The Morgan fingerprint density at radius 1 is 0.926 bits per heavy atom. The predicted molar refractivity (Wildman–Crippen MR) is 85.1 cm³/mol. The van der Waals surface area contributed by atoms with Gasteiger partial charge in [-0.1, -0.05) is 37.6 Å². The van der Waals surface area contributed by atoms with E-state index in [1.807, 2.05) is 0 Å². The van der Waals surface area contributed by atoms with Gasteiger partial charge in [0.1, 0.15) is 11.5 Å². The topological polar surface area (TPSA) is 49.7 Å². The van der Waals surface area contributed by atoms with Gasteiger partial charge in [-0.2, -0.15) is 13.2 Å². The third-order valence-corrected chi connectivity index (χ3v) is 3.96. The second-order valence-corrected chi connectivity index (χ2v) is 5.91. The van der Waals surface area contributed by atoms with E-state index in [0.29, 0.717) is 0 Å². The summed E-state index contributed by atoms with van der Waals surface area (Å²) in [6.45, 7) is 1.51. The van der Waals surface area contributed by atoms with Gasteiger partial charge in [-0.25, -0.2) is 0 Å². The molecule has 27 heavy (non-hydrogen) atoms. The van der Waals surface area contributed by atoms with Crippen LogP contribution in [0.25, 0.3) is 11.1 Å². The van der Waals surface area contributed by atoms with Gasteiger partial charge in [0, 0.05) is 11.6 Å². The van der Waals surface area contributed by atoms with Crippen molar-refractivity contribution >= 4 is 0 Å². The van der Waals surface area contributed by atoms with Crippen LogP contribution in [0.4, 0.5) is 26.3 Å². The lowest BCUT2D eigenvalue weighted by atomic mass is 9.87. The van der Waals surface area contributed by atoms with Gasteiger partial charge in [0.2, 0.25) is 0 Å². The van der Waals surface area contributed by atoms with Crippen LogP contribution < -0.4 is 4.74 Å². The fourth-order valence-electron chi connectivity index (χ4n) is 2.69. The van der Waals surface area contributed by atoms with Crippen molar-refractivity contribution in [1.82, 2.24) is 0 Å². The largest absolute Gasteiger partial charge is 0.573 e. The van der Waals surface area contributed by atoms with Crippen LogP contribution in [-0.4, -0.2) is 22.8 Å². The Bertz CT molecular complexity index is 783. The lowest BCUT2D eigenvalue weighted by molar-refractivity contribution is -0.274. The summed E-state index contributed by atoms with van der Waals surface area (Å²) >= 11 is 0. The van der Waals surface area contributed by atoms with Crippen molar-refractivity contribution in [2.75, 3.05) is 0 Å². The second kappa shape index (κ2) is 7.30. The first-order valence-electron chi connectivity index (χ1n) is 7.86.